The number of rotatable bonds is 3. The second-order valence-corrected chi connectivity index (χ2v) is 8.62. The lowest BCUT2D eigenvalue weighted by atomic mass is 9.85. The summed E-state index contributed by atoms with van der Waals surface area (Å²) in [5.41, 5.74) is 4.19. The van der Waals surface area contributed by atoms with E-state index in [0.717, 1.165) is 40.4 Å². The zero-order valence-electron chi connectivity index (χ0n) is 17.3. The van der Waals surface area contributed by atoms with Gasteiger partial charge in [-0.15, -0.1) is 10.2 Å². The summed E-state index contributed by atoms with van der Waals surface area (Å²) < 4.78 is 29.1. The second-order valence-electron chi connectivity index (χ2n) is 7.64. The molecule has 0 radical (unpaired) electrons. The van der Waals surface area contributed by atoms with Gasteiger partial charge in [-0.2, -0.15) is 5.10 Å². The Kier molecular flexibility index (Phi) is 5.01. The van der Waals surface area contributed by atoms with Crippen molar-refractivity contribution in [3.05, 3.63) is 81.8 Å². The molecular weight excluding hydrogens is 434 g/mol. The molecule has 1 atom stereocenters. The first-order valence-corrected chi connectivity index (χ1v) is 10.7. The standard InChI is InChI=1S/C22H18F2N6OS/c1-12-16(9-26-29(12)2)17-11-30(10-13-5-3-4-6-15(13)17)22(31)21-28-27-20(32-21)19-18(24)7-14(23)8-25-19/h3-9,17H,10-11H2,1-2H3. The van der Waals surface area contributed by atoms with Crippen LogP contribution in [0, 0.1) is 18.6 Å². The molecule has 1 amide bonds. The fraction of sp³-hybridized carbons (Fsp3) is 0.227. The van der Waals surface area contributed by atoms with Crippen molar-refractivity contribution in [1.82, 2.24) is 29.9 Å². The topological polar surface area (TPSA) is 76.8 Å². The molecule has 1 aliphatic rings. The zero-order chi connectivity index (χ0) is 22.4. The Morgan fingerprint density at radius 3 is 2.72 bits per heavy atom. The van der Waals surface area contributed by atoms with E-state index in [1.165, 1.54) is 5.56 Å². The number of fused-ring (bicyclic) bond motifs is 1. The molecule has 0 aliphatic carbocycles. The average molecular weight is 452 g/mol. The van der Waals surface area contributed by atoms with Gasteiger partial charge in [0.1, 0.15) is 11.5 Å². The first-order chi connectivity index (χ1) is 15.4. The molecule has 0 fully saturated rings. The van der Waals surface area contributed by atoms with Gasteiger partial charge in [0.05, 0.1) is 12.4 Å². The van der Waals surface area contributed by atoms with Crippen LogP contribution in [0.3, 0.4) is 0 Å². The van der Waals surface area contributed by atoms with Crippen LogP contribution in [-0.4, -0.2) is 42.3 Å². The highest BCUT2D eigenvalue weighted by Gasteiger charge is 2.32. The first kappa shape index (κ1) is 20.4. The number of halogens is 2. The minimum Gasteiger partial charge on any atom is -0.331 e. The van der Waals surface area contributed by atoms with Crippen molar-refractivity contribution in [2.45, 2.75) is 19.4 Å². The van der Waals surface area contributed by atoms with Gasteiger partial charge in [0.15, 0.2) is 10.8 Å². The van der Waals surface area contributed by atoms with Crippen molar-refractivity contribution in [1.29, 1.82) is 0 Å². The maximum atomic E-state index is 14.1. The summed E-state index contributed by atoms with van der Waals surface area (Å²) in [6.07, 6.45) is 2.75. The van der Waals surface area contributed by atoms with Gasteiger partial charge in [-0.05, 0) is 18.1 Å². The van der Waals surface area contributed by atoms with Crippen LogP contribution in [0.4, 0.5) is 8.78 Å². The number of pyridine rings is 1. The van der Waals surface area contributed by atoms with Crippen LogP contribution in [0.5, 0.6) is 0 Å². The molecular formula is C22H18F2N6OS. The maximum absolute atomic E-state index is 14.1. The molecule has 10 heteroatoms. The number of carbonyl (C=O) groups excluding carboxylic acids is 1. The van der Waals surface area contributed by atoms with Gasteiger partial charge < -0.3 is 4.90 Å². The number of hydrogen-bond donors (Lipinski definition) is 0. The van der Waals surface area contributed by atoms with Crippen molar-refractivity contribution in [3.63, 3.8) is 0 Å². The molecule has 0 bridgehead atoms. The first-order valence-electron chi connectivity index (χ1n) is 9.93. The summed E-state index contributed by atoms with van der Waals surface area (Å²) >= 11 is 0.939. The molecule has 32 heavy (non-hydrogen) atoms. The normalized spacial score (nSPS) is 15.6. The van der Waals surface area contributed by atoms with Gasteiger partial charge in [-0.25, -0.2) is 13.8 Å². The van der Waals surface area contributed by atoms with E-state index in [9.17, 15) is 13.6 Å². The lowest BCUT2D eigenvalue weighted by Crippen LogP contribution is -2.38. The van der Waals surface area contributed by atoms with Gasteiger partial charge in [0.2, 0.25) is 5.01 Å². The highest BCUT2D eigenvalue weighted by Crippen LogP contribution is 2.36. The van der Waals surface area contributed by atoms with Crippen LogP contribution in [0.2, 0.25) is 0 Å². The fourth-order valence-electron chi connectivity index (χ4n) is 4.00. The third-order valence-corrected chi connectivity index (χ3v) is 6.67. The molecule has 7 nitrogen and oxygen atoms in total. The Morgan fingerprint density at radius 2 is 1.97 bits per heavy atom. The van der Waals surface area contributed by atoms with E-state index in [-0.39, 0.29) is 27.5 Å². The zero-order valence-corrected chi connectivity index (χ0v) is 18.1. The van der Waals surface area contributed by atoms with Crippen molar-refractivity contribution in [2.24, 2.45) is 7.05 Å². The molecule has 1 aliphatic heterocycles. The highest BCUT2D eigenvalue weighted by molar-refractivity contribution is 7.16. The fourth-order valence-corrected chi connectivity index (χ4v) is 4.81. The lowest BCUT2D eigenvalue weighted by molar-refractivity contribution is 0.0723. The van der Waals surface area contributed by atoms with E-state index < -0.39 is 11.6 Å². The van der Waals surface area contributed by atoms with E-state index in [1.807, 2.05) is 43.0 Å². The van der Waals surface area contributed by atoms with Gasteiger partial charge in [-0.1, -0.05) is 35.6 Å². The lowest BCUT2D eigenvalue weighted by Gasteiger charge is -2.34. The molecule has 4 heterocycles. The molecule has 0 spiro atoms. The monoisotopic (exact) mass is 452 g/mol. The number of hydrogen-bond acceptors (Lipinski definition) is 6. The summed E-state index contributed by atoms with van der Waals surface area (Å²) in [7, 11) is 1.89. The van der Waals surface area contributed by atoms with E-state index in [2.05, 4.69) is 26.3 Å². The van der Waals surface area contributed by atoms with Crippen LogP contribution in [0.1, 0.15) is 38.1 Å². The SMILES string of the molecule is Cc1c(C2CN(C(=O)c3nnc(-c4ncc(F)cc4F)s3)Cc3ccccc32)cnn1C. The summed E-state index contributed by atoms with van der Waals surface area (Å²) in [6, 6.07) is 8.77. The third-order valence-electron chi connectivity index (χ3n) is 5.75. The maximum Gasteiger partial charge on any atom is 0.285 e. The number of benzene rings is 1. The minimum absolute atomic E-state index is 0.0267. The smallest absolute Gasteiger partial charge is 0.285 e. The Labute approximate surface area is 186 Å². The van der Waals surface area contributed by atoms with E-state index in [0.29, 0.717) is 13.1 Å². The van der Waals surface area contributed by atoms with E-state index in [4.69, 9.17) is 0 Å². The summed E-state index contributed by atoms with van der Waals surface area (Å²) in [5, 5.41) is 12.5. The second kappa shape index (κ2) is 7.86. The van der Waals surface area contributed by atoms with Gasteiger partial charge in [0, 0.05) is 43.4 Å². The number of nitrogens with zero attached hydrogens (tertiary/aromatic N) is 6. The summed E-state index contributed by atoms with van der Waals surface area (Å²) in [5.74, 6) is -1.95. The molecule has 1 aromatic carbocycles. The molecule has 162 valence electrons. The van der Waals surface area contributed by atoms with Gasteiger partial charge in [0.25, 0.3) is 5.91 Å². The molecule has 0 saturated carbocycles. The van der Waals surface area contributed by atoms with Crippen LogP contribution in [0.25, 0.3) is 10.7 Å². The molecule has 1 unspecified atom stereocenters. The quantitative estimate of drug-likeness (QED) is 0.474. The Hall–Kier alpha value is -3.53. The Balaban J connectivity index is 1.47. The van der Waals surface area contributed by atoms with Crippen molar-refractivity contribution in [2.75, 3.05) is 6.54 Å². The number of aromatic nitrogens is 5. The highest BCUT2D eigenvalue weighted by atomic mass is 32.1. The number of aryl methyl sites for hydroxylation is 1. The van der Waals surface area contributed by atoms with Crippen molar-refractivity contribution >= 4 is 17.2 Å². The number of amides is 1. The van der Waals surface area contributed by atoms with Crippen LogP contribution >= 0.6 is 11.3 Å². The Morgan fingerprint density at radius 1 is 1.16 bits per heavy atom. The summed E-state index contributed by atoms with van der Waals surface area (Å²) in [6.45, 7) is 2.90. The van der Waals surface area contributed by atoms with Crippen molar-refractivity contribution in [3.8, 4) is 10.7 Å². The predicted molar refractivity (Wildman–Crippen MR) is 114 cm³/mol. The Bertz CT molecular complexity index is 1330. The minimum atomic E-state index is -0.848. The molecule has 0 N–H and O–H groups in total. The number of carbonyl (C=O) groups is 1. The van der Waals surface area contributed by atoms with E-state index >= 15 is 0 Å². The van der Waals surface area contributed by atoms with Crippen LogP contribution in [-0.2, 0) is 13.6 Å². The van der Waals surface area contributed by atoms with Gasteiger partial charge >= 0.3 is 0 Å². The van der Waals surface area contributed by atoms with Crippen LogP contribution in [0.15, 0.2) is 42.7 Å². The molecule has 5 rings (SSSR count). The third kappa shape index (κ3) is 3.46. The molecule has 3 aromatic heterocycles. The van der Waals surface area contributed by atoms with Gasteiger partial charge in [-0.3, -0.25) is 9.48 Å². The summed E-state index contributed by atoms with van der Waals surface area (Å²) in [4.78, 5) is 18.8. The largest absolute Gasteiger partial charge is 0.331 e. The van der Waals surface area contributed by atoms with E-state index in [1.54, 1.807) is 4.90 Å². The molecule has 0 saturated heterocycles. The predicted octanol–water partition coefficient (Wildman–Crippen LogP) is 3.71. The average Bonchev–Trinajstić information content (AvgIpc) is 3.40. The molecule has 4 aromatic rings. The van der Waals surface area contributed by atoms with Crippen molar-refractivity contribution < 1.29 is 13.6 Å². The van der Waals surface area contributed by atoms with Crippen LogP contribution < -0.4 is 0 Å².